The first-order valence-corrected chi connectivity index (χ1v) is 5.81. The van der Waals surface area contributed by atoms with Crippen molar-refractivity contribution >= 4 is 17.5 Å². The van der Waals surface area contributed by atoms with Crippen LogP contribution in [0.25, 0.3) is 0 Å². The Kier molecular flexibility index (Phi) is 5.24. The van der Waals surface area contributed by atoms with Crippen LogP contribution in [0.2, 0.25) is 0 Å². The van der Waals surface area contributed by atoms with Crippen LogP contribution in [0.3, 0.4) is 0 Å². The molecule has 0 unspecified atom stereocenters. The molecule has 0 fully saturated rings. The standard InChI is InChI=1S/C14H16O4/c1-3-18-14(17)12(10(2)15)9-13(16)11-7-5-4-6-8-11/h4-8,12H,3,9H2,1-2H3/t12-/m0/s1. The maximum absolute atomic E-state index is 11.9. The van der Waals surface area contributed by atoms with Gasteiger partial charge in [-0.2, -0.15) is 0 Å². The van der Waals surface area contributed by atoms with Crippen LogP contribution >= 0.6 is 0 Å². The van der Waals surface area contributed by atoms with Gasteiger partial charge in [0.15, 0.2) is 5.78 Å². The van der Waals surface area contributed by atoms with Crippen LogP contribution in [0, 0.1) is 5.92 Å². The van der Waals surface area contributed by atoms with Gasteiger partial charge in [0.05, 0.1) is 6.61 Å². The molecular formula is C14H16O4. The van der Waals surface area contributed by atoms with Gasteiger partial charge in [-0.25, -0.2) is 0 Å². The summed E-state index contributed by atoms with van der Waals surface area (Å²) in [6.45, 7) is 3.15. The summed E-state index contributed by atoms with van der Waals surface area (Å²) < 4.78 is 4.79. The zero-order valence-corrected chi connectivity index (χ0v) is 10.5. The van der Waals surface area contributed by atoms with Gasteiger partial charge in [0.1, 0.15) is 11.7 Å². The van der Waals surface area contributed by atoms with Crippen molar-refractivity contribution in [2.45, 2.75) is 20.3 Å². The molecule has 0 saturated heterocycles. The van der Waals surface area contributed by atoms with Crippen molar-refractivity contribution < 1.29 is 19.1 Å². The first-order valence-electron chi connectivity index (χ1n) is 5.81. The molecule has 96 valence electrons. The van der Waals surface area contributed by atoms with E-state index in [0.717, 1.165) is 0 Å². The van der Waals surface area contributed by atoms with Crippen LogP contribution in [0.15, 0.2) is 30.3 Å². The number of carbonyl (C=O) groups is 3. The number of ketones is 2. The largest absolute Gasteiger partial charge is 0.465 e. The lowest BCUT2D eigenvalue weighted by molar-refractivity contribution is -0.151. The lowest BCUT2D eigenvalue weighted by atomic mass is 9.95. The molecule has 4 heteroatoms. The van der Waals surface area contributed by atoms with E-state index in [2.05, 4.69) is 0 Å². The first kappa shape index (κ1) is 14.1. The number of carbonyl (C=O) groups excluding carboxylic acids is 3. The second kappa shape index (κ2) is 6.69. The van der Waals surface area contributed by atoms with Gasteiger partial charge in [-0.1, -0.05) is 30.3 Å². The minimum absolute atomic E-state index is 0.141. The van der Waals surface area contributed by atoms with Crippen LogP contribution in [-0.2, 0) is 14.3 Å². The highest BCUT2D eigenvalue weighted by Crippen LogP contribution is 2.13. The summed E-state index contributed by atoms with van der Waals surface area (Å²) in [4.78, 5) is 34.8. The van der Waals surface area contributed by atoms with E-state index in [1.54, 1.807) is 37.3 Å². The van der Waals surface area contributed by atoms with Gasteiger partial charge < -0.3 is 4.74 Å². The molecule has 0 aromatic heterocycles. The van der Waals surface area contributed by atoms with Crippen LogP contribution in [-0.4, -0.2) is 24.1 Å². The van der Waals surface area contributed by atoms with Crippen LogP contribution in [0.1, 0.15) is 30.6 Å². The predicted octanol–water partition coefficient (Wildman–Crippen LogP) is 2.03. The van der Waals surface area contributed by atoms with Crippen molar-refractivity contribution in [1.82, 2.24) is 0 Å². The number of Topliss-reactive ketones (excluding diaryl/α,β-unsaturated/α-hetero) is 2. The summed E-state index contributed by atoms with van der Waals surface area (Å²) in [5.74, 6) is -2.21. The second-order valence-corrected chi connectivity index (χ2v) is 3.91. The van der Waals surface area contributed by atoms with Crippen LogP contribution < -0.4 is 0 Å². The highest BCUT2D eigenvalue weighted by molar-refractivity contribution is 6.05. The third-order valence-corrected chi connectivity index (χ3v) is 2.55. The maximum Gasteiger partial charge on any atom is 0.316 e. The van der Waals surface area contributed by atoms with Gasteiger partial charge >= 0.3 is 5.97 Å². The lowest BCUT2D eigenvalue weighted by Gasteiger charge is -2.11. The summed E-state index contributed by atoms with van der Waals surface area (Å²) in [6.07, 6.45) is -0.141. The number of hydrogen-bond acceptors (Lipinski definition) is 4. The molecule has 0 aliphatic carbocycles. The first-order chi connectivity index (χ1) is 8.56. The van der Waals surface area contributed by atoms with Crippen molar-refractivity contribution in [2.75, 3.05) is 6.61 Å². The normalized spacial score (nSPS) is 11.7. The Morgan fingerprint density at radius 3 is 2.28 bits per heavy atom. The van der Waals surface area contributed by atoms with E-state index in [1.807, 2.05) is 0 Å². The van der Waals surface area contributed by atoms with Gasteiger partial charge in [0.25, 0.3) is 0 Å². The van der Waals surface area contributed by atoms with Crippen molar-refractivity contribution in [3.63, 3.8) is 0 Å². The lowest BCUT2D eigenvalue weighted by Crippen LogP contribution is -2.27. The zero-order valence-electron chi connectivity index (χ0n) is 10.5. The smallest absolute Gasteiger partial charge is 0.316 e. The molecule has 0 N–H and O–H groups in total. The average Bonchev–Trinajstić information content (AvgIpc) is 2.36. The highest BCUT2D eigenvalue weighted by atomic mass is 16.5. The Bertz CT molecular complexity index is 436. The minimum atomic E-state index is -1.00. The Balaban J connectivity index is 2.76. The van der Waals surface area contributed by atoms with E-state index in [1.165, 1.54) is 6.92 Å². The third kappa shape index (κ3) is 3.80. The number of ether oxygens (including phenoxy) is 1. The quantitative estimate of drug-likeness (QED) is 0.439. The van der Waals surface area contributed by atoms with Crippen LogP contribution in [0.4, 0.5) is 0 Å². The topological polar surface area (TPSA) is 60.4 Å². The molecule has 0 amide bonds. The molecule has 4 nitrogen and oxygen atoms in total. The number of rotatable bonds is 6. The summed E-state index contributed by atoms with van der Waals surface area (Å²) in [6, 6.07) is 8.58. The Morgan fingerprint density at radius 2 is 1.78 bits per heavy atom. The molecule has 0 spiro atoms. The monoisotopic (exact) mass is 248 g/mol. The van der Waals surface area contributed by atoms with E-state index >= 15 is 0 Å². The number of hydrogen-bond donors (Lipinski definition) is 0. The van der Waals surface area contributed by atoms with Crippen molar-refractivity contribution in [1.29, 1.82) is 0 Å². The highest BCUT2D eigenvalue weighted by Gasteiger charge is 2.27. The molecule has 1 rings (SSSR count). The molecule has 0 bridgehead atoms. The van der Waals surface area contributed by atoms with E-state index < -0.39 is 11.9 Å². The van der Waals surface area contributed by atoms with E-state index in [0.29, 0.717) is 5.56 Å². The van der Waals surface area contributed by atoms with Gasteiger partial charge in [-0.15, -0.1) is 0 Å². The van der Waals surface area contributed by atoms with E-state index in [9.17, 15) is 14.4 Å². The molecule has 0 saturated carbocycles. The fourth-order valence-electron chi connectivity index (χ4n) is 1.56. The molecular weight excluding hydrogens is 232 g/mol. The summed E-state index contributed by atoms with van der Waals surface area (Å²) in [7, 11) is 0. The molecule has 1 aromatic rings. The van der Waals surface area contributed by atoms with Gasteiger partial charge in [0.2, 0.25) is 0 Å². The number of benzene rings is 1. The fourth-order valence-corrected chi connectivity index (χ4v) is 1.56. The average molecular weight is 248 g/mol. The molecule has 1 aromatic carbocycles. The van der Waals surface area contributed by atoms with Gasteiger partial charge in [0, 0.05) is 12.0 Å². The summed E-state index contributed by atoms with van der Waals surface area (Å²) in [5, 5.41) is 0. The van der Waals surface area contributed by atoms with E-state index in [-0.39, 0.29) is 24.6 Å². The maximum atomic E-state index is 11.9. The zero-order chi connectivity index (χ0) is 13.5. The van der Waals surface area contributed by atoms with Crippen LogP contribution in [0.5, 0.6) is 0 Å². The van der Waals surface area contributed by atoms with Crippen molar-refractivity contribution in [3.8, 4) is 0 Å². The van der Waals surface area contributed by atoms with Crippen molar-refractivity contribution in [2.24, 2.45) is 5.92 Å². The summed E-state index contributed by atoms with van der Waals surface area (Å²) >= 11 is 0. The second-order valence-electron chi connectivity index (χ2n) is 3.91. The SMILES string of the molecule is CCOC(=O)[C@@H](CC(=O)c1ccccc1)C(C)=O. The van der Waals surface area contributed by atoms with Gasteiger partial charge in [-0.05, 0) is 13.8 Å². The minimum Gasteiger partial charge on any atom is -0.465 e. The van der Waals surface area contributed by atoms with Gasteiger partial charge in [-0.3, -0.25) is 14.4 Å². The molecule has 0 aliphatic heterocycles. The predicted molar refractivity (Wildman–Crippen MR) is 66.2 cm³/mol. The Labute approximate surface area is 106 Å². The third-order valence-electron chi connectivity index (χ3n) is 2.55. The van der Waals surface area contributed by atoms with E-state index in [4.69, 9.17) is 4.74 Å². The molecule has 1 atom stereocenters. The number of esters is 1. The molecule has 0 heterocycles. The molecule has 0 radical (unpaired) electrons. The Morgan fingerprint density at radius 1 is 1.17 bits per heavy atom. The molecule has 0 aliphatic rings. The van der Waals surface area contributed by atoms with Crippen molar-refractivity contribution in [3.05, 3.63) is 35.9 Å². The fraction of sp³-hybridized carbons (Fsp3) is 0.357. The summed E-state index contributed by atoms with van der Waals surface area (Å²) in [5.41, 5.74) is 0.494. The Hall–Kier alpha value is -1.97. The molecule has 18 heavy (non-hydrogen) atoms.